The Balaban J connectivity index is 2.55. The minimum atomic E-state index is -4.35. The third kappa shape index (κ3) is 2.87. The molecule has 2 rings (SSSR count). The van der Waals surface area contributed by atoms with Gasteiger partial charge in [-0.3, -0.25) is 0 Å². The van der Waals surface area contributed by atoms with E-state index < -0.39 is 11.7 Å². The van der Waals surface area contributed by atoms with Crippen molar-refractivity contribution in [2.24, 2.45) is 0 Å². The number of benzene rings is 2. The summed E-state index contributed by atoms with van der Waals surface area (Å²) in [5.74, 6) is 0. The molecule has 0 aliphatic carbocycles. The van der Waals surface area contributed by atoms with Crippen LogP contribution in [0.5, 0.6) is 0 Å². The second kappa shape index (κ2) is 4.94. The highest BCUT2D eigenvalue weighted by atomic mass is 79.9. The molecule has 0 N–H and O–H groups in total. The van der Waals surface area contributed by atoms with Crippen molar-refractivity contribution in [2.45, 2.75) is 6.18 Å². The summed E-state index contributed by atoms with van der Waals surface area (Å²) in [6.45, 7) is 0. The van der Waals surface area contributed by atoms with Gasteiger partial charge in [0.2, 0.25) is 0 Å². The van der Waals surface area contributed by atoms with Crippen LogP contribution in [0.2, 0.25) is 5.02 Å². The number of hydrogen-bond donors (Lipinski definition) is 0. The fraction of sp³-hybridized carbons (Fsp3) is 0.0769. The summed E-state index contributed by atoms with van der Waals surface area (Å²) in [5.41, 5.74) is 0.323. The minimum absolute atomic E-state index is 0.414. The lowest BCUT2D eigenvalue weighted by atomic mass is 10.0. The first-order valence-electron chi connectivity index (χ1n) is 5.00. The van der Waals surface area contributed by atoms with Crippen LogP contribution in [0.25, 0.3) is 11.1 Å². The van der Waals surface area contributed by atoms with E-state index >= 15 is 0 Å². The average molecular weight is 336 g/mol. The van der Waals surface area contributed by atoms with Crippen LogP contribution in [0, 0.1) is 0 Å². The monoisotopic (exact) mass is 334 g/mol. The van der Waals surface area contributed by atoms with Crippen LogP contribution in [-0.4, -0.2) is 0 Å². The first kappa shape index (κ1) is 13.4. The SMILES string of the molecule is FC(F)(F)c1cccc(-c2cc(Br)ccc2Cl)c1. The first-order valence-corrected chi connectivity index (χ1v) is 6.18. The molecule has 0 unspecified atom stereocenters. The van der Waals surface area contributed by atoms with E-state index in [4.69, 9.17) is 11.6 Å². The standard InChI is InChI=1S/C13H7BrClF3/c14-10-4-5-12(15)11(7-10)8-2-1-3-9(6-8)13(16,17)18/h1-7H. The zero-order valence-corrected chi connectivity index (χ0v) is 11.3. The average Bonchev–Trinajstić information content (AvgIpc) is 2.31. The van der Waals surface area contributed by atoms with Gasteiger partial charge in [0.25, 0.3) is 0 Å². The Morgan fingerprint density at radius 3 is 2.39 bits per heavy atom. The van der Waals surface area contributed by atoms with Gasteiger partial charge < -0.3 is 0 Å². The van der Waals surface area contributed by atoms with Crippen molar-refractivity contribution in [1.82, 2.24) is 0 Å². The molecule has 18 heavy (non-hydrogen) atoms. The van der Waals surface area contributed by atoms with Gasteiger partial charge in [0.15, 0.2) is 0 Å². The van der Waals surface area contributed by atoms with E-state index in [0.717, 1.165) is 16.6 Å². The highest BCUT2D eigenvalue weighted by Gasteiger charge is 2.30. The third-order valence-corrected chi connectivity index (χ3v) is 3.25. The summed E-state index contributed by atoms with van der Waals surface area (Å²) < 4.78 is 38.6. The largest absolute Gasteiger partial charge is 0.416 e. The molecular formula is C13H7BrClF3. The lowest BCUT2D eigenvalue weighted by Crippen LogP contribution is -2.04. The molecule has 0 fully saturated rings. The third-order valence-electron chi connectivity index (χ3n) is 2.43. The Bertz CT molecular complexity index is 579. The summed E-state index contributed by atoms with van der Waals surface area (Å²) >= 11 is 9.27. The Labute approximate surface area is 116 Å². The molecule has 0 radical (unpaired) electrons. The van der Waals surface area contributed by atoms with E-state index in [1.165, 1.54) is 6.07 Å². The molecule has 2 aromatic rings. The predicted octanol–water partition coefficient (Wildman–Crippen LogP) is 5.79. The van der Waals surface area contributed by atoms with E-state index in [1.54, 1.807) is 24.3 Å². The van der Waals surface area contributed by atoms with E-state index in [9.17, 15) is 13.2 Å². The lowest BCUT2D eigenvalue weighted by Gasteiger charge is -2.10. The van der Waals surface area contributed by atoms with Gasteiger partial charge >= 0.3 is 6.18 Å². The van der Waals surface area contributed by atoms with Gasteiger partial charge in [0.05, 0.1) is 5.56 Å². The van der Waals surface area contributed by atoms with E-state index in [2.05, 4.69) is 15.9 Å². The Morgan fingerprint density at radius 2 is 1.72 bits per heavy atom. The number of alkyl halides is 3. The van der Waals surface area contributed by atoms with Crippen molar-refractivity contribution < 1.29 is 13.2 Å². The molecule has 0 bridgehead atoms. The van der Waals surface area contributed by atoms with Crippen molar-refractivity contribution in [2.75, 3.05) is 0 Å². The maximum absolute atomic E-state index is 12.6. The summed E-state index contributed by atoms with van der Waals surface area (Å²) in [6.07, 6.45) is -4.35. The van der Waals surface area contributed by atoms with Crippen LogP contribution in [0.15, 0.2) is 46.9 Å². The van der Waals surface area contributed by atoms with Crippen molar-refractivity contribution in [3.63, 3.8) is 0 Å². The molecule has 0 saturated carbocycles. The molecule has 0 aliphatic rings. The maximum Gasteiger partial charge on any atom is 0.416 e. The number of halogens is 5. The van der Waals surface area contributed by atoms with Gasteiger partial charge in [-0.1, -0.05) is 39.7 Å². The second-order valence-corrected chi connectivity index (χ2v) is 5.03. The quantitative estimate of drug-likeness (QED) is 0.619. The topological polar surface area (TPSA) is 0 Å². The number of hydrogen-bond acceptors (Lipinski definition) is 0. The van der Waals surface area contributed by atoms with Crippen LogP contribution in [0.1, 0.15) is 5.56 Å². The predicted molar refractivity (Wildman–Crippen MR) is 69.6 cm³/mol. The Hall–Kier alpha value is -1.00. The van der Waals surface area contributed by atoms with Crippen LogP contribution < -0.4 is 0 Å². The van der Waals surface area contributed by atoms with E-state index in [0.29, 0.717) is 16.1 Å². The van der Waals surface area contributed by atoms with Crippen molar-refractivity contribution >= 4 is 27.5 Å². The zero-order chi connectivity index (χ0) is 13.3. The Kier molecular flexibility index (Phi) is 3.69. The van der Waals surface area contributed by atoms with Gasteiger partial charge in [-0.05, 0) is 35.9 Å². The highest BCUT2D eigenvalue weighted by Crippen LogP contribution is 2.35. The van der Waals surface area contributed by atoms with Crippen molar-refractivity contribution in [3.8, 4) is 11.1 Å². The molecule has 0 atom stereocenters. The molecule has 0 heterocycles. The van der Waals surface area contributed by atoms with Crippen LogP contribution in [-0.2, 0) is 6.18 Å². The van der Waals surface area contributed by atoms with Crippen molar-refractivity contribution in [1.29, 1.82) is 0 Å². The molecule has 2 aromatic carbocycles. The first-order chi connectivity index (χ1) is 8.38. The van der Waals surface area contributed by atoms with Gasteiger partial charge in [-0.2, -0.15) is 13.2 Å². The molecule has 0 aliphatic heterocycles. The normalized spacial score (nSPS) is 11.6. The zero-order valence-electron chi connectivity index (χ0n) is 8.93. The molecule has 94 valence electrons. The van der Waals surface area contributed by atoms with Crippen LogP contribution >= 0.6 is 27.5 Å². The van der Waals surface area contributed by atoms with Crippen LogP contribution in [0.4, 0.5) is 13.2 Å². The molecular weight excluding hydrogens is 328 g/mol. The van der Waals surface area contributed by atoms with Gasteiger partial charge in [-0.15, -0.1) is 0 Å². The molecule has 0 aromatic heterocycles. The van der Waals surface area contributed by atoms with Gasteiger partial charge in [0, 0.05) is 15.1 Å². The molecule has 0 nitrogen and oxygen atoms in total. The minimum Gasteiger partial charge on any atom is -0.166 e. The van der Waals surface area contributed by atoms with Gasteiger partial charge in [0.1, 0.15) is 0 Å². The molecule has 5 heteroatoms. The molecule has 0 amide bonds. The smallest absolute Gasteiger partial charge is 0.166 e. The second-order valence-electron chi connectivity index (χ2n) is 3.70. The van der Waals surface area contributed by atoms with Crippen molar-refractivity contribution in [3.05, 3.63) is 57.5 Å². The molecule has 0 spiro atoms. The fourth-order valence-corrected chi connectivity index (χ4v) is 2.17. The summed E-state index contributed by atoms with van der Waals surface area (Å²) in [7, 11) is 0. The van der Waals surface area contributed by atoms with E-state index in [-0.39, 0.29) is 0 Å². The fourth-order valence-electron chi connectivity index (χ4n) is 1.58. The van der Waals surface area contributed by atoms with Gasteiger partial charge in [-0.25, -0.2) is 0 Å². The molecule has 0 saturated heterocycles. The highest BCUT2D eigenvalue weighted by molar-refractivity contribution is 9.10. The summed E-state index contributed by atoms with van der Waals surface area (Å²) in [4.78, 5) is 0. The maximum atomic E-state index is 12.6. The lowest BCUT2D eigenvalue weighted by molar-refractivity contribution is -0.137. The summed E-state index contributed by atoms with van der Waals surface area (Å²) in [5, 5.41) is 0.414. The Morgan fingerprint density at radius 1 is 1.00 bits per heavy atom. The van der Waals surface area contributed by atoms with E-state index in [1.807, 2.05) is 0 Å². The van der Waals surface area contributed by atoms with Crippen LogP contribution in [0.3, 0.4) is 0 Å². The number of rotatable bonds is 1. The summed E-state index contributed by atoms with van der Waals surface area (Å²) in [6, 6.07) is 10.2.